The molecule has 3 aromatic rings. The molecule has 1 aliphatic rings. The first-order valence-corrected chi connectivity index (χ1v) is 11.5. The summed E-state index contributed by atoms with van der Waals surface area (Å²) < 4.78 is 1.78. The fourth-order valence-electron chi connectivity index (χ4n) is 3.81. The minimum Gasteiger partial charge on any atom is -0.339 e. The van der Waals surface area contributed by atoms with Crippen LogP contribution in [-0.4, -0.2) is 67.6 Å². The van der Waals surface area contributed by atoms with Gasteiger partial charge in [-0.2, -0.15) is 5.10 Å². The molecule has 31 heavy (non-hydrogen) atoms. The van der Waals surface area contributed by atoms with Crippen LogP contribution in [0.4, 0.5) is 0 Å². The minimum atomic E-state index is 0.157. The predicted molar refractivity (Wildman–Crippen MR) is 122 cm³/mol. The van der Waals surface area contributed by atoms with Crippen LogP contribution in [0.2, 0.25) is 0 Å². The number of benzene rings is 1. The van der Waals surface area contributed by atoms with Crippen molar-refractivity contribution >= 4 is 17.7 Å². The van der Waals surface area contributed by atoms with E-state index in [0.717, 1.165) is 49.1 Å². The predicted octanol–water partition coefficient (Wildman–Crippen LogP) is 3.02. The van der Waals surface area contributed by atoms with Gasteiger partial charge in [0.25, 0.3) is 0 Å². The third kappa shape index (κ3) is 5.51. The van der Waals surface area contributed by atoms with Crippen molar-refractivity contribution in [1.82, 2.24) is 29.8 Å². The molecular formula is C23H28N6OS. The lowest BCUT2D eigenvalue weighted by Crippen LogP contribution is -2.48. The Balaban J connectivity index is 1.24. The maximum atomic E-state index is 12.6. The number of aryl methyl sites for hydroxylation is 3. The van der Waals surface area contributed by atoms with E-state index in [9.17, 15) is 4.79 Å². The molecule has 1 aromatic carbocycles. The van der Waals surface area contributed by atoms with Crippen molar-refractivity contribution in [3.63, 3.8) is 0 Å². The number of hydrogen-bond donors (Lipinski definition) is 0. The van der Waals surface area contributed by atoms with Crippen molar-refractivity contribution in [3.8, 4) is 5.82 Å². The Morgan fingerprint density at radius 3 is 2.45 bits per heavy atom. The van der Waals surface area contributed by atoms with E-state index in [1.165, 1.54) is 22.9 Å². The molecule has 2 aromatic heterocycles. The zero-order chi connectivity index (χ0) is 21.8. The molecule has 7 nitrogen and oxygen atoms in total. The Kier molecular flexibility index (Phi) is 6.67. The molecule has 0 spiro atoms. The van der Waals surface area contributed by atoms with E-state index in [2.05, 4.69) is 51.4 Å². The minimum absolute atomic E-state index is 0.157. The second-order valence-corrected chi connectivity index (χ2v) is 9.00. The third-order valence-electron chi connectivity index (χ3n) is 5.41. The number of aromatic nitrogens is 4. The summed E-state index contributed by atoms with van der Waals surface area (Å²) in [5.74, 6) is 1.22. The van der Waals surface area contributed by atoms with Crippen molar-refractivity contribution in [2.45, 2.75) is 32.3 Å². The van der Waals surface area contributed by atoms with Gasteiger partial charge in [0, 0.05) is 38.4 Å². The average molecular weight is 437 g/mol. The third-order valence-corrected chi connectivity index (χ3v) is 6.31. The first-order valence-electron chi connectivity index (χ1n) is 10.5. The maximum absolute atomic E-state index is 12.6. The number of carbonyl (C=O) groups is 1. The normalized spacial score (nSPS) is 14.7. The molecule has 0 atom stereocenters. The topological polar surface area (TPSA) is 67.2 Å². The first-order chi connectivity index (χ1) is 15.0. The van der Waals surface area contributed by atoms with E-state index in [1.54, 1.807) is 4.68 Å². The fraction of sp³-hybridized carbons (Fsp3) is 0.391. The van der Waals surface area contributed by atoms with Gasteiger partial charge in [0.1, 0.15) is 5.03 Å². The van der Waals surface area contributed by atoms with Gasteiger partial charge in [-0.25, -0.2) is 4.68 Å². The lowest BCUT2D eigenvalue weighted by atomic mass is 10.1. The summed E-state index contributed by atoms with van der Waals surface area (Å²) in [5.41, 5.74) is 4.58. The van der Waals surface area contributed by atoms with Gasteiger partial charge in [-0.1, -0.05) is 41.6 Å². The van der Waals surface area contributed by atoms with Crippen LogP contribution >= 0.6 is 11.8 Å². The summed E-state index contributed by atoms with van der Waals surface area (Å²) in [7, 11) is 0. The number of piperazine rings is 1. The van der Waals surface area contributed by atoms with Crippen LogP contribution in [0.3, 0.4) is 0 Å². The van der Waals surface area contributed by atoms with E-state index in [0.29, 0.717) is 11.6 Å². The molecule has 0 unspecified atom stereocenters. The van der Waals surface area contributed by atoms with E-state index in [1.807, 2.05) is 36.9 Å². The average Bonchev–Trinajstić information content (AvgIpc) is 3.11. The lowest BCUT2D eigenvalue weighted by molar-refractivity contribution is -0.130. The molecule has 162 valence electrons. The van der Waals surface area contributed by atoms with Gasteiger partial charge in [-0.05, 0) is 44.5 Å². The Morgan fingerprint density at radius 1 is 1.00 bits per heavy atom. The molecular weight excluding hydrogens is 408 g/mol. The molecule has 1 amide bonds. The number of hydrogen-bond acceptors (Lipinski definition) is 6. The second kappa shape index (κ2) is 9.62. The summed E-state index contributed by atoms with van der Waals surface area (Å²) in [4.78, 5) is 17.0. The highest BCUT2D eigenvalue weighted by atomic mass is 32.2. The summed E-state index contributed by atoms with van der Waals surface area (Å²) in [5, 5.41) is 13.7. The smallest absolute Gasteiger partial charge is 0.233 e. The zero-order valence-electron chi connectivity index (χ0n) is 18.3. The van der Waals surface area contributed by atoms with Crippen molar-refractivity contribution in [3.05, 3.63) is 65.0 Å². The van der Waals surface area contributed by atoms with Gasteiger partial charge in [0.2, 0.25) is 5.91 Å². The molecule has 1 fully saturated rings. The van der Waals surface area contributed by atoms with Gasteiger partial charge in [-0.15, -0.1) is 10.2 Å². The van der Waals surface area contributed by atoms with E-state index >= 15 is 0 Å². The Hall–Kier alpha value is -2.71. The van der Waals surface area contributed by atoms with Crippen LogP contribution in [-0.2, 0) is 11.3 Å². The van der Waals surface area contributed by atoms with Crippen molar-refractivity contribution in [2.24, 2.45) is 0 Å². The SMILES string of the molecule is Cc1cccc(CN2CCN(C(=O)CSc3ccc(-n4nc(C)cc4C)nn3)CC2)c1. The Labute approximate surface area is 187 Å². The largest absolute Gasteiger partial charge is 0.339 e. The fourth-order valence-corrected chi connectivity index (χ4v) is 4.53. The van der Waals surface area contributed by atoms with Gasteiger partial charge in [0.05, 0.1) is 11.4 Å². The standard InChI is InChI=1S/C23H28N6OS/c1-17-5-4-6-20(13-17)15-27-9-11-28(12-10-27)23(30)16-31-22-8-7-21(24-25-22)29-19(3)14-18(2)26-29/h4-8,13-14H,9-12,15-16H2,1-3H3. The molecule has 4 rings (SSSR count). The number of nitrogens with zero attached hydrogens (tertiary/aromatic N) is 6. The van der Waals surface area contributed by atoms with Gasteiger partial charge in [-0.3, -0.25) is 9.69 Å². The van der Waals surface area contributed by atoms with Crippen LogP contribution in [0.15, 0.2) is 47.5 Å². The molecule has 1 saturated heterocycles. The van der Waals surface area contributed by atoms with Crippen LogP contribution < -0.4 is 0 Å². The number of carbonyl (C=O) groups excluding carboxylic acids is 1. The molecule has 0 aliphatic carbocycles. The molecule has 3 heterocycles. The number of thioether (sulfide) groups is 1. The molecule has 0 N–H and O–H groups in total. The van der Waals surface area contributed by atoms with Crippen LogP contribution in [0.5, 0.6) is 0 Å². The summed E-state index contributed by atoms with van der Waals surface area (Å²) >= 11 is 1.43. The second-order valence-electron chi connectivity index (χ2n) is 8.00. The molecule has 8 heteroatoms. The Bertz CT molecular complexity index is 1040. The molecule has 1 aliphatic heterocycles. The van der Waals surface area contributed by atoms with Crippen molar-refractivity contribution in [1.29, 1.82) is 0 Å². The molecule has 0 radical (unpaired) electrons. The molecule has 0 saturated carbocycles. The summed E-state index contributed by atoms with van der Waals surface area (Å²) in [6.45, 7) is 10.4. The van der Waals surface area contributed by atoms with Crippen molar-refractivity contribution < 1.29 is 4.79 Å². The Morgan fingerprint density at radius 2 is 1.81 bits per heavy atom. The lowest BCUT2D eigenvalue weighted by Gasteiger charge is -2.34. The molecule has 0 bridgehead atoms. The first kappa shape index (κ1) is 21.5. The highest BCUT2D eigenvalue weighted by Crippen LogP contribution is 2.18. The highest BCUT2D eigenvalue weighted by molar-refractivity contribution is 7.99. The van der Waals surface area contributed by atoms with Crippen LogP contribution in [0, 0.1) is 20.8 Å². The monoisotopic (exact) mass is 436 g/mol. The van der Waals surface area contributed by atoms with Crippen LogP contribution in [0.25, 0.3) is 5.82 Å². The van der Waals surface area contributed by atoms with E-state index in [4.69, 9.17) is 0 Å². The van der Waals surface area contributed by atoms with Gasteiger partial charge < -0.3 is 4.90 Å². The highest BCUT2D eigenvalue weighted by Gasteiger charge is 2.21. The summed E-state index contributed by atoms with van der Waals surface area (Å²) in [6, 6.07) is 14.4. The summed E-state index contributed by atoms with van der Waals surface area (Å²) in [6.07, 6.45) is 0. The van der Waals surface area contributed by atoms with Gasteiger partial charge in [0.15, 0.2) is 5.82 Å². The van der Waals surface area contributed by atoms with Gasteiger partial charge >= 0.3 is 0 Å². The number of amides is 1. The number of rotatable bonds is 6. The van der Waals surface area contributed by atoms with E-state index < -0.39 is 0 Å². The van der Waals surface area contributed by atoms with E-state index in [-0.39, 0.29) is 5.91 Å². The quantitative estimate of drug-likeness (QED) is 0.554. The van der Waals surface area contributed by atoms with Crippen LogP contribution in [0.1, 0.15) is 22.5 Å². The van der Waals surface area contributed by atoms with Crippen molar-refractivity contribution in [2.75, 3.05) is 31.9 Å². The zero-order valence-corrected chi connectivity index (χ0v) is 19.1. The maximum Gasteiger partial charge on any atom is 0.233 e.